The van der Waals surface area contributed by atoms with Crippen molar-refractivity contribution in [1.82, 2.24) is 4.98 Å². The number of anilines is 1. The molecule has 0 bridgehead atoms. The Morgan fingerprint density at radius 3 is 2.56 bits per heavy atom. The molecule has 0 fully saturated rings. The third kappa shape index (κ3) is 4.02. The summed E-state index contributed by atoms with van der Waals surface area (Å²) in [5, 5.41) is 4.05. The summed E-state index contributed by atoms with van der Waals surface area (Å²) in [5.74, 6) is 0.937. The molecule has 1 amide bonds. The minimum Gasteiger partial charge on any atom is -0.493 e. The van der Waals surface area contributed by atoms with Gasteiger partial charge in [0.15, 0.2) is 0 Å². The van der Waals surface area contributed by atoms with Gasteiger partial charge in [-0.1, -0.05) is 24.3 Å². The zero-order valence-corrected chi connectivity index (χ0v) is 15.0. The molecule has 0 aliphatic carbocycles. The second-order valence-corrected chi connectivity index (χ2v) is 6.44. The van der Waals surface area contributed by atoms with Crippen LogP contribution in [-0.2, 0) is 4.79 Å². The normalized spacial score (nSPS) is 10.8. The lowest BCUT2D eigenvalue weighted by molar-refractivity contribution is -0.116. The lowest BCUT2D eigenvalue weighted by atomic mass is 10.1. The third-order valence-electron chi connectivity index (χ3n) is 4.28. The number of hydrogen-bond acceptors (Lipinski definition) is 2. The first-order valence-corrected chi connectivity index (χ1v) is 8.62. The van der Waals surface area contributed by atoms with Crippen molar-refractivity contribution in [2.45, 2.75) is 33.6 Å². The van der Waals surface area contributed by atoms with E-state index in [1.165, 1.54) is 0 Å². The van der Waals surface area contributed by atoms with Crippen molar-refractivity contribution in [1.29, 1.82) is 0 Å². The van der Waals surface area contributed by atoms with E-state index in [1.807, 2.05) is 57.2 Å². The second-order valence-electron chi connectivity index (χ2n) is 6.44. The van der Waals surface area contributed by atoms with Crippen LogP contribution in [0.25, 0.3) is 10.9 Å². The lowest BCUT2D eigenvalue weighted by Gasteiger charge is -2.12. The molecule has 0 aliphatic heterocycles. The highest BCUT2D eigenvalue weighted by Gasteiger charge is 2.08. The van der Waals surface area contributed by atoms with Crippen molar-refractivity contribution in [3.05, 3.63) is 59.3 Å². The molecule has 0 unspecified atom stereocenters. The molecule has 4 nitrogen and oxygen atoms in total. The van der Waals surface area contributed by atoms with Gasteiger partial charge in [0.05, 0.1) is 12.3 Å². The van der Waals surface area contributed by atoms with E-state index >= 15 is 0 Å². The average Bonchev–Trinajstić information content (AvgIpc) is 2.95. The number of para-hydroxylation sites is 1. The highest BCUT2D eigenvalue weighted by Crippen LogP contribution is 2.25. The topological polar surface area (TPSA) is 54.1 Å². The third-order valence-corrected chi connectivity index (χ3v) is 4.28. The Morgan fingerprint density at radius 2 is 1.80 bits per heavy atom. The SMILES string of the molecule is Cc1cc2c(NC(=O)CCCOc3c(C)cccc3C)cccc2[nH]1. The molecule has 0 aliphatic rings. The number of aryl methyl sites for hydroxylation is 3. The highest BCUT2D eigenvalue weighted by atomic mass is 16.5. The van der Waals surface area contributed by atoms with Crippen molar-refractivity contribution >= 4 is 22.5 Å². The first-order chi connectivity index (χ1) is 12.0. The minimum absolute atomic E-state index is 0.0106. The summed E-state index contributed by atoms with van der Waals surface area (Å²) in [6, 6.07) is 14.0. The number of nitrogens with one attached hydrogen (secondary N) is 2. The molecule has 25 heavy (non-hydrogen) atoms. The predicted octanol–water partition coefficient (Wildman–Crippen LogP) is 4.89. The fraction of sp³-hybridized carbons (Fsp3) is 0.286. The molecular weight excluding hydrogens is 312 g/mol. The molecule has 4 heteroatoms. The quantitative estimate of drug-likeness (QED) is 0.630. The van der Waals surface area contributed by atoms with E-state index in [9.17, 15) is 4.79 Å². The van der Waals surface area contributed by atoms with Gasteiger partial charge in [-0.05, 0) is 56.5 Å². The van der Waals surface area contributed by atoms with E-state index < -0.39 is 0 Å². The van der Waals surface area contributed by atoms with E-state index in [-0.39, 0.29) is 5.91 Å². The molecule has 3 aromatic rings. The van der Waals surface area contributed by atoms with Gasteiger partial charge in [0.25, 0.3) is 0 Å². The maximum Gasteiger partial charge on any atom is 0.224 e. The average molecular weight is 336 g/mol. The summed E-state index contributed by atoms with van der Waals surface area (Å²) in [5.41, 5.74) is 5.22. The monoisotopic (exact) mass is 336 g/mol. The number of fused-ring (bicyclic) bond motifs is 1. The van der Waals surface area contributed by atoms with E-state index in [0.29, 0.717) is 19.4 Å². The van der Waals surface area contributed by atoms with Crippen molar-refractivity contribution < 1.29 is 9.53 Å². The van der Waals surface area contributed by atoms with Crippen molar-refractivity contribution in [3.8, 4) is 5.75 Å². The Morgan fingerprint density at radius 1 is 1.08 bits per heavy atom. The molecule has 1 heterocycles. The van der Waals surface area contributed by atoms with Crippen LogP contribution in [0.4, 0.5) is 5.69 Å². The summed E-state index contributed by atoms with van der Waals surface area (Å²) in [6.45, 7) is 6.62. The fourth-order valence-corrected chi connectivity index (χ4v) is 3.05. The number of hydrogen-bond donors (Lipinski definition) is 2. The first-order valence-electron chi connectivity index (χ1n) is 8.62. The number of aromatic amines is 1. The molecule has 0 spiro atoms. The lowest BCUT2D eigenvalue weighted by Crippen LogP contribution is -2.13. The summed E-state index contributed by atoms with van der Waals surface area (Å²) in [6.07, 6.45) is 1.12. The Balaban J connectivity index is 1.53. The molecule has 130 valence electrons. The number of H-pyrrole nitrogens is 1. The van der Waals surface area contributed by atoms with E-state index in [2.05, 4.69) is 16.4 Å². The fourth-order valence-electron chi connectivity index (χ4n) is 3.05. The van der Waals surface area contributed by atoms with Crippen LogP contribution >= 0.6 is 0 Å². The maximum atomic E-state index is 12.2. The van der Waals surface area contributed by atoms with Crippen molar-refractivity contribution in [2.24, 2.45) is 0 Å². The van der Waals surface area contributed by atoms with Crippen LogP contribution in [0, 0.1) is 20.8 Å². The van der Waals surface area contributed by atoms with Crippen LogP contribution in [-0.4, -0.2) is 17.5 Å². The predicted molar refractivity (Wildman–Crippen MR) is 102 cm³/mol. The Hall–Kier alpha value is -2.75. The maximum absolute atomic E-state index is 12.2. The summed E-state index contributed by atoms with van der Waals surface area (Å²) >= 11 is 0. The number of rotatable bonds is 6. The Kier molecular flexibility index (Phi) is 5.08. The van der Waals surface area contributed by atoms with Crippen LogP contribution in [0.5, 0.6) is 5.75 Å². The molecule has 0 saturated heterocycles. The highest BCUT2D eigenvalue weighted by molar-refractivity contribution is 6.01. The van der Waals surface area contributed by atoms with Gasteiger partial charge in [0.1, 0.15) is 5.75 Å². The molecule has 0 atom stereocenters. The smallest absolute Gasteiger partial charge is 0.224 e. The van der Waals surface area contributed by atoms with Gasteiger partial charge < -0.3 is 15.0 Å². The standard InChI is InChI=1S/C21H24N2O2/c1-14-7-4-8-15(2)21(14)25-12-6-11-20(24)23-19-10-5-9-18-17(19)13-16(3)22-18/h4-5,7-10,13,22H,6,11-12H2,1-3H3,(H,23,24). The van der Waals surface area contributed by atoms with Crippen LogP contribution < -0.4 is 10.1 Å². The molecule has 0 saturated carbocycles. The van der Waals surface area contributed by atoms with Crippen LogP contribution in [0.1, 0.15) is 29.7 Å². The van der Waals surface area contributed by atoms with Gasteiger partial charge >= 0.3 is 0 Å². The zero-order chi connectivity index (χ0) is 17.8. The van der Waals surface area contributed by atoms with Gasteiger partial charge in [-0.15, -0.1) is 0 Å². The Bertz CT molecular complexity index is 876. The van der Waals surface area contributed by atoms with Gasteiger partial charge in [0.2, 0.25) is 5.91 Å². The summed E-state index contributed by atoms with van der Waals surface area (Å²) in [7, 11) is 0. The van der Waals surface area contributed by atoms with Gasteiger partial charge in [0, 0.05) is 23.0 Å². The van der Waals surface area contributed by atoms with Gasteiger partial charge in [-0.3, -0.25) is 4.79 Å². The second kappa shape index (κ2) is 7.43. The largest absolute Gasteiger partial charge is 0.493 e. The van der Waals surface area contributed by atoms with Crippen LogP contribution in [0.15, 0.2) is 42.5 Å². The zero-order valence-electron chi connectivity index (χ0n) is 15.0. The van der Waals surface area contributed by atoms with E-state index in [4.69, 9.17) is 4.74 Å². The molecule has 3 rings (SSSR count). The van der Waals surface area contributed by atoms with E-state index in [1.54, 1.807) is 0 Å². The number of aromatic nitrogens is 1. The van der Waals surface area contributed by atoms with Crippen LogP contribution in [0.2, 0.25) is 0 Å². The summed E-state index contributed by atoms with van der Waals surface area (Å²) < 4.78 is 5.86. The number of ether oxygens (including phenoxy) is 1. The number of amides is 1. The minimum atomic E-state index is 0.0106. The summed E-state index contributed by atoms with van der Waals surface area (Å²) in [4.78, 5) is 15.5. The van der Waals surface area contributed by atoms with Crippen molar-refractivity contribution in [3.63, 3.8) is 0 Å². The number of carbonyl (C=O) groups is 1. The van der Waals surface area contributed by atoms with Crippen molar-refractivity contribution in [2.75, 3.05) is 11.9 Å². The molecule has 0 radical (unpaired) electrons. The van der Waals surface area contributed by atoms with E-state index in [0.717, 1.165) is 39.2 Å². The van der Waals surface area contributed by atoms with Crippen LogP contribution in [0.3, 0.4) is 0 Å². The molecular formula is C21H24N2O2. The molecule has 2 aromatic carbocycles. The number of carbonyl (C=O) groups excluding carboxylic acids is 1. The van der Waals surface area contributed by atoms with Gasteiger partial charge in [-0.25, -0.2) is 0 Å². The molecule has 1 aromatic heterocycles. The molecule has 2 N–H and O–H groups in total. The van der Waals surface area contributed by atoms with Gasteiger partial charge in [-0.2, -0.15) is 0 Å². The number of benzene rings is 2. The first kappa shape index (κ1) is 17.1. The Labute approximate surface area is 148 Å².